The van der Waals surface area contributed by atoms with Gasteiger partial charge in [0.15, 0.2) is 0 Å². The Morgan fingerprint density at radius 3 is 2.12 bits per heavy atom. The average Bonchev–Trinajstić information content (AvgIpc) is 2.38. The minimum Gasteiger partial charge on any atom is -0.378 e. The highest BCUT2D eigenvalue weighted by atomic mass is 31.1. The lowest BCUT2D eigenvalue weighted by Gasteiger charge is -2.12. The van der Waals surface area contributed by atoms with E-state index in [-0.39, 0.29) is 0 Å². The van der Waals surface area contributed by atoms with E-state index in [1.807, 2.05) is 0 Å². The maximum atomic E-state index is 2.23. The zero-order valence-electron chi connectivity index (χ0n) is 10.4. The molecule has 0 aromatic heterocycles. The number of benzene rings is 2. The highest BCUT2D eigenvalue weighted by Gasteiger charge is 1.97. The second kappa shape index (κ2) is 5.84. The summed E-state index contributed by atoms with van der Waals surface area (Å²) in [7, 11) is 5.00. The molecule has 1 nitrogen and oxygen atoms in total. The molecule has 0 bridgehead atoms. The van der Waals surface area contributed by atoms with Crippen LogP contribution in [-0.2, 0) is 6.16 Å². The fraction of sp³-hybridized carbons (Fsp3) is 0.200. The van der Waals surface area contributed by atoms with Gasteiger partial charge in [0.05, 0.1) is 0 Å². The van der Waals surface area contributed by atoms with Gasteiger partial charge in [0.1, 0.15) is 0 Å². The van der Waals surface area contributed by atoms with Crippen LogP contribution in [0.5, 0.6) is 0 Å². The molecule has 0 aliphatic rings. The number of anilines is 1. The minimum absolute atomic E-state index is 0.860. The topological polar surface area (TPSA) is 3.24 Å². The Labute approximate surface area is 105 Å². The summed E-state index contributed by atoms with van der Waals surface area (Å²) < 4.78 is 0. The van der Waals surface area contributed by atoms with Crippen molar-refractivity contribution in [3.63, 3.8) is 0 Å². The molecule has 0 spiro atoms. The molecular weight excluding hydrogens is 225 g/mol. The van der Waals surface area contributed by atoms with E-state index in [1.54, 1.807) is 0 Å². The molecule has 1 atom stereocenters. The summed E-state index contributed by atoms with van der Waals surface area (Å²) in [5.41, 5.74) is 2.68. The monoisotopic (exact) mass is 243 g/mol. The maximum Gasteiger partial charge on any atom is 0.0361 e. The quantitative estimate of drug-likeness (QED) is 0.745. The van der Waals surface area contributed by atoms with Crippen LogP contribution >= 0.6 is 8.58 Å². The Kier molecular flexibility index (Phi) is 4.17. The van der Waals surface area contributed by atoms with E-state index in [2.05, 4.69) is 73.6 Å². The van der Waals surface area contributed by atoms with Crippen molar-refractivity contribution >= 4 is 19.6 Å². The molecule has 0 amide bonds. The van der Waals surface area contributed by atoms with Crippen molar-refractivity contribution in [3.8, 4) is 0 Å². The van der Waals surface area contributed by atoms with Crippen molar-refractivity contribution < 1.29 is 0 Å². The van der Waals surface area contributed by atoms with Gasteiger partial charge < -0.3 is 4.90 Å². The van der Waals surface area contributed by atoms with Gasteiger partial charge in [-0.2, -0.15) is 0 Å². The molecule has 0 N–H and O–H groups in total. The lowest BCUT2D eigenvalue weighted by molar-refractivity contribution is 1.13. The molecule has 0 saturated heterocycles. The third kappa shape index (κ3) is 3.57. The van der Waals surface area contributed by atoms with E-state index in [4.69, 9.17) is 0 Å². The van der Waals surface area contributed by atoms with Crippen molar-refractivity contribution in [2.24, 2.45) is 0 Å². The third-order valence-corrected chi connectivity index (χ3v) is 4.05. The van der Waals surface area contributed by atoms with Gasteiger partial charge in [-0.05, 0) is 29.2 Å². The Morgan fingerprint density at radius 1 is 0.882 bits per heavy atom. The van der Waals surface area contributed by atoms with Crippen molar-refractivity contribution in [2.45, 2.75) is 6.16 Å². The largest absolute Gasteiger partial charge is 0.378 e. The van der Waals surface area contributed by atoms with Crippen LogP contribution < -0.4 is 10.2 Å². The van der Waals surface area contributed by atoms with Gasteiger partial charge in [0, 0.05) is 19.8 Å². The molecule has 2 heteroatoms. The van der Waals surface area contributed by atoms with Crippen LogP contribution in [0.15, 0.2) is 54.6 Å². The second-order valence-electron chi connectivity index (χ2n) is 4.28. The highest BCUT2D eigenvalue weighted by molar-refractivity contribution is 7.46. The first kappa shape index (κ1) is 12.1. The number of hydrogen-bond acceptors (Lipinski definition) is 1. The van der Waals surface area contributed by atoms with Gasteiger partial charge in [0.2, 0.25) is 0 Å². The highest BCUT2D eigenvalue weighted by Crippen LogP contribution is 2.20. The summed E-state index contributed by atoms with van der Waals surface area (Å²) in [6.07, 6.45) is 1.14. The molecule has 88 valence electrons. The summed E-state index contributed by atoms with van der Waals surface area (Å²) in [4.78, 5) is 2.13. The van der Waals surface area contributed by atoms with Crippen LogP contribution in [0.25, 0.3) is 0 Å². The SMILES string of the molecule is CN(C)c1ccc(CPc2ccccc2)cc1. The van der Waals surface area contributed by atoms with Crippen molar-refractivity contribution in [1.82, 2.24) is 0 Å². The minimum atomic E-state index is 0.860. The maximum absolute atomic E-state index is 2.23. The molecule has 1 unspecified atom stereocenters. The second-order valence-corrected chi connectivity index (χ2v) is 5.56. The van der Waals surface area contributed by atoms with E-state index in [0.29, 0.717) is 0 Å². The molecule has 0 aliphatic carbocycles. The summed E-state index contributed by atoms with van der Waals surface area (Å²) in [6.45, 7) is 0. The van der Waals surface area contributed by atoms with Gasteiger partial charge >= 0.3 is 0 Å². The summed E-state index contributed by atoms with van der Waals surface area (Å²) in [5.74, 6) is 0. The van der Waals surface area contributed by atoms with Crippen molar-refractivity contribution in [1.29, 1.82) is 0 Å². The normalized spacial score (nSPS) is 10.9. The molecule has 0 aliphatic heterocycles. The number of hydrogen-bond donors (Lipinski definition) is 0. The Bertz CT molecular complexity index is 448. The zero-order chi connectivity index (χ0) is 12.1. The fourth-order valence-electron chi connectivity index (χ4n) is 1.67. The van der Waals surface area contributed by atoms with Crippen LogP contribution in [0.3, 0.4) is 0 Å². The van der Waals surface area contributed by atoms with Gasteiger partial charge in [-0.1, -0.05) is 51.0 Å². The van der Waals surface area contributed by atoms with Crippen molar-refractivity contribution in [2.75, 3.05) is 19.0 Å². The van der Waals surface area contributed by atoms with Gasteiger partial charge in [-0.15, -0.1) is 0 Å². The van der Waals surface area contributed by atoms with Gasteiger partial charge in [0.25, 0.3) is 0 Å². The average molecular weight is 243 g/mol. The molecule has 2 aromatic carbocycles. The molecule has 17 heavy (non-hydrogen) atoms. The number of nitrogens with zero attached hydrogens (tertiary/aromatic N) is 1. The van der Waals surface area contributed by atoms with E-state index in [1.165, 1.54) is 16.6 Å². The molecule has 0 radical (unpaired) electrons. The predicted octanol–water partition coefficient (Wildman–Crippen LogP) is 3.26. The fourth-order valence-corrected chi connectivity index (χ4v) is 2.74. The van der Waals surface area contributed by atoms with Gasteiger partial charge in [-0.3, -0.25) is 0 Å². The van der Waals surface area contributed by atoms with Crippen LogP contribution in [0.1, 0.15) is 5.56 Å². The van der Waals surface area contributed by atoms with E-state index < -0.39 is 0 Å². The lowest BCUT2D eigenvalue weighted by atomic mass is 10.2. The molecular formula is C15H18NP. The summed E-state index contributed by atoms with van der Waals surface area (Å²) >= 11 is 0. The summed E-state index contributed by atoms with van der Waals surface area (Å²) in [6, 6.07) is 19.5. The summed E-state index contributed by atoms with van der Waals surface area (Å²) in [5, 5.41) is 1.43. The first-order valence-electron chi connectivity index (χ1n) is 5.81. The zero-order valence-corrected chi connectivity index (χ0v) is 11.4. The van der Waals surface area contributed by atoms with E-state index >= 15 is 0 Å². The first-order chi connectivity index (χ1) is 8.25. The Balaban J connectivity index is 1.96. The molecule has 0 fully saturated rings. The Morgan fingerprint density at radius 2 is 1.53 bits per heavy atom. The van der Waals surface area contributed by atoms with Crippen LogP contribution in [0.2, 0.25) is 0 Å². The smallest absolute Gasteiger partial charge is 0.0361 e. The Hall–Kier alpha value is -1.33. The lowest BCUT2D eigenvalue weighted by Crippen LogP contribution is -2.08. The third-order valence-electron chi connectivity index (χ3n) is 2.72. The van der Waals surface area contributed by atoms with E-state index in [0.717, 1.165) is 14.7 Å². The number of rotatable bonds is 4. The first-order valence-corrected chi connectivity index (χ1v) is 7.01. The molecule has 0 heterocycles. The molecule has 0 saturated carbocycles. The van der Waals surface area contributed by atoms with Crippen LogP contribution in [0, 0.1) is 0 Å². The van der Waals surface area contributed by atoms with E-state index in [9.17, 15) is 0 Å². The molecule has 2 aromatic rings. The molecule has 2 rings (SSSR count). The van der Waals surface area contributed by atoms with Crippen LogP contribution in [0.4, 0.5) is 5.69 Å². The van der Waals surface area contributed by atoms with Gasteiger partial charge in [-0.25, -0.2) is 0 Å². The predicted molar refractivity (Wildman–Crippen MR) is 78.9 cm³/mol. The van der Waals surface area contributed by atoms with Crippen LogP contribution in [-0.4, -0.2) is 14.1 Å². The standard InChI is InChI=1S/C15H18NP/c1-16(2)14-10-8-13(9-11-14)12-17-15-6-4-3-5-7-15/h3-11,17H,12H2,1-2H3. The van der Waals surface area contributed by atoms with Crippen molar-refractivity contribution in [3.05, 3.63) is 60.2 Å².